The van der Waals surface area contributed by atoms with Crippen molar-refractivity contribution in [3.63, 3.8) is 0 Å². The predicted octanol–water partition coefficient (Wildman–Crippen LogP) is 13.3. The lowest BCUT2D eigenvalue weighted by Gasteiger charge is -2.23. The Labute approximate surface area is 325 Å². The molecule has 0 bridgehead atoms. The summed E-state index contributed by atoms with van der Waals surface area (Å²) >= 11 is 14.1. The fraction of sp³-hybridized carbons (Fsp3) is 0.333. The Morgan fingerprint density at radius 2 is 0.809 bits per heavy atom. The van der Waals surface area contributed by atoms with Crippen LogP contribution in [0.2, 0.25) is 0 Å². The first-order valence-electron chi connectivity index (χ1n) is 15.7. The van der Waals surface area contributed by atoms with Gasteiger partial charge in [-0.15, -0.1) is 47.0 Å². The lowest BCUT2D eigenvalue weighted by molar-refractivity contribution is 1.14. The van der Waals surface area contributed by atoms with E-state index in [0.717, 1.165) is 21.0 Å². The topological polar surface area (TPSA) is 0 Å². The van der Waals surface area contributed by atoms with E-state index in [9.17, 15) is 0 Å². The fourth-order valence-electron chi connectivity index (χ4n) is 4.97. The molecule has 4 heterocycles. The smallest absolute Gasteiger partial charge is 0.0344 e. The van der Waals surface area contributed by atoms with Gasteiger partial charge in [-0.3, -0.25) is 0 Å². The maximum atomic E-state index is 2.45. The van der Waals surface area contributed by atoms with Gasteiger partial charge in [0.15, 0.2) is 0 Å². The molecule has 0 saturated carbocycles. The molecule has 11 heteroatoms. The highest BCUT2D eigenvalue weighted by Gasteiger charge is 2.24. The summed E-state index contributed by atoms with van der Waals surface area (Å²) in [5, 5.41) is 3.27. The first kappa shape index (κ1) is 34.8. The molecule has 0 amide bonds. The van der Waals surface area contributed by atoms with Crippen molar-refractivity contribution in [3.8, 4) is 22.3 Å². The zero-order valence-electron chi connectivity index (χ0n) is 25.5. The summed E-state index contributed by atoms with van der Waals surface area (Å²) in [6.07, 6.45) is 0. The molecule has 4 saturated heterocycles. The van der Waals surface area contributed by atoms with Crippen LogP contribution in [-0.4, -0.2) is 67.0 Å². The van der Waals surface area contributed by atoms with Crippen LogP contribution in [0.3, 0.4) is 0 Å². The SMILES string of the molecule is c1cc(-c2cc(SCC3CSS3)ccc2Sc2ccc(SCC3CSS3)cc2-c2ccc(SCC3CS3)cc2)ccc1SCC1CS1. The normalized spacial score (nSPS) is 22.8. The van der Waals surface area contributed by atoms with Gasteiger partial charge in [0.25, 0.3) is 0 Å². The molecule has 4 unspecified atom stereocenters. The van der Waals surface area contributed by atoms with Crippen molar-refractivity contribution < 1.29 is 0 Å². The van der Waals surface area contributed by atoms with E-state index in [0.29, 0.717) is 0 Å². The van der Waals surface area contributed by atoms with E-state index in [-0.39, 0.29) is 0 Å². The van der Waals surface area contributed by atoms with E-state index in [4.69, 9.17) is 0 Å². The Hall–Kier alpha value is 0.730. The monoisotopic (exact) mass is 818 g/mol. The average molecular weight is 819 g/mol. The molecule has 47 heavy (non-hydrogen) atoms. The second kappa shape index (κ2) is 17.0. The van der Waals surface area contributed by atoms with Crippen molar-refractivity contribution in [3.05, 3.63) is 84.9 Å². The van der Waals surface area contributed by atoms with E-state index in [2.05, 4.69) is 108 Å². The van der Waals surface area contributed by atoms with Crippen molar-refractivity contribution in [2.75, 3.05) is 46.0 Å². The molecule has 0 N–H and O–H groups in total. The number of hydrogen-bond donors (Lipinski definition) is 0. The fourth-order valence-corrected chi connectivity index (χ4v) is 16.4. The van der Waals surface area contributed by atoms with Crippen LogP contribution in [0.4, 0.5) is 0 Å². The Balaban J connectivity index is 1.08. The summed E-state index contributed by atoms with van der Waals surface area (Å²) in [7, 11) is 8.09. The molecule has 4 aromatic rings. The summed E-state index contributed by atoms with van der Waals surface area (Å²) in [5.74, 6) is 10.1. The van der Waals surface area contributed by atoms with Crippen LogP contribution in [0.15, 0.2) is 114 Å². The Morgan fingerprint density at radius 3 is 1.17 bits per heavy atom. The summed E-state index contributed by atoms with van der Waals surface area (Å²) in [4.78, 5) is 8.18. The third-order valence-electron chi connectivity index (χ3n) is 7.92. The van der Waals surface area contributed by atoms with Gasteiger partial charge in [-0.2, -0.15) is 23.5 Å². The zero-order valence-corrected chi connectivity index (χ0v) is 34.5. The van der Waals surface area contributed by atoms with Crippen LogP contribution < -0.4 is 0 Å². The molecule has 0 radical (unpaired) electrons. The van der Waals surface area contributed by atoms with Crippen LogP contribution in [0, 0.1) is 0 Å². The van der Waals surface area contributed by atoms with Crippen LogP contribution in [0.1, 0.15) is 0 Å². The molecule has 4 aromatic carbocycles. The number of rotatable bonds is 16. The molecule has 4 aliphatic heterocycles. The van der Waals surface area contributed by atoms with Gasteiger partial charge in [0.2, 0.25) is 0 Å². The molecular weight excluding hydrogens is 785 g/mol. The molecule has 8 rings (SSSR count). The highest BCUT2D eigenvalue weighted by molar-refractivity contribution is 8.80. The van der Waals surface area contributed by atoms with Crippen LogP contribution >= 0.6 is 126 Å². The van der Waals surface area contributed by atoms with Crippen molar-refractivity contribution in [1.82, 2.24) is 0 Å². The molecule has 4 aliphatic rings. The standard InChI is InChI=1S/C36H34S11/c1-5-25(37-15-29-17-41-29)6-2-23(1)33-13-27(39-19-31-21-43-46-31)9-11-35(33)45-36-12-10-28(40-20-32-22-44-47-32)14-34(36)24-3-7-26(8-4-24)38-16-30-18-42-30/h1-14,29-32H,15-22H2. The van der Waals surface area contributed by atoms with Crippen molar-refractivity contribution >= 4 is 126 Å². The predicted molar refractivity (Wildman–Crippen MR) is 231 cm³/mol. The van der Waals surface area contributed by atoms with Gasteiger partial charge in [-0.05, 0) is 82.9 Å². The molecule has 0 spiro atoms. The van der Waals surface area contributed by atoms with Gasteiger partial charge < -0.3 is 0 Å². The quantitative estimate of drug-likeness (QED) is 0.0603. The molecule has 244 valence electrons. The summed E-state index contributed by atoms with van der Waals surface area (Å²) in [5.41, 5.74) is 5.32. The van der Waals surface area contributed by atoms with E-state index >= 15 is 0 Å². The minimum atomic E-state index is 0.779. The van der Waals surface area contributed by atoms with E-state index in [1.54, 1.807) is 0 Å². The lowest BCUT2D eigenvalue weighted by atomic mass is 10.1. The number of thioether (sulfide) groups is 6. The van der Waals surface area contributed by atoms with Gasteiger partial charge in [0.1, 0.15) is 0 Å². The van der Waals surface area contributed by atoms with Crippen molar-refractivity contribution in [1.29, 1.82) is 0 Å². The van der Waals surface area contributed by atoms with Gasteiger partial charge in [-0.1, -0.05) is 79.2 Å². The molecular formula is C36H34S11. The third kappa shape index (κ3) is 9.99. The number of hydrogen-bond acceptors (Lipinski definition) is 11. The second-order valence-electron chi connectivity index (χ2n) is 11.6. The Bertz CT molecular complexity index is 1520. The minimum absolute atomic E-state index is 0.779. The zero-order chi connectivity index (χ0) is 31.4. The van der Waals surface area contributed by atoms with E-state index in [1.807, 2.05) is 102 Å². The molecule has 0 aliphatic carbocycles. The molecule has 4 fully saturated rings. The summed E-state index contributed by atoms with van der Waals surface area (Å²) < 4.78 is 0. The van der Waals surface area contributed by atoms with E-state index in [1.165, 1.54) is 97.6 Å². The lowest BCUT2D eigenvalue weighted by Crippen LogP contribution is -2.15. The van der Waals surface area contributed by atoms with Crippen LogP contribution in [0.5, 0.6) is 0 Å². The van der Waals surface area contributed by atoms with Crippen LogP contribution in [0.25, 0.3) is 22.3 Å². The largest absolute Gasteiger partial charge is 0.156 e. The van der Waals surface area contributed by atoms with E-state index < -0.39 is 0 Å². The maximum absolute atomic E-state index is 2.45. The minimum Gasteiger partial charge on any atom is -0.156 e. The number of benzene rings is 4. The van der Waals surface area contributed by atoms with Crippen molar-refractivity contribution in [2.45, 2.75) is 50.4 Å². The molecule has 4 atom stereocenters. The molecule has 0 nitrogen and oxygen atoms in total. The van der Waals surface area contributed by atoms with Gasteiger partial charge in [-0.25, -0.2) is 0 Å². The summed E-state index contributed by atoms with van der Waals surface area (Å²) in [6, 6.07) is 33.1. The molecule has 0 aromatic heterocycles. The summed E-state index contributed by atoms with van der Waals surface area (Å²) in [6.45, 7) is 0. The first-order chi connectivity index (χ1) is 23.2. The third-order valence-corrected chi connectivity index (χ3v) is 22.8. The first-order valence-corrected chi connectivity index (χ1v) is 27.3. The average Bonchev–Trinajstić information content (AvgIpc) is 3.99. The van der Waals surface area contributed by atoms with Crippen molar-refractivity contribution in [2.24, 2.45) is 0 Å². The maximum Gasteiger partial charge on any atom is 0.0344 e. The highest BCUT2D eigenvalue weighted by atomic mass is 33.1. The highest BCUT2D eigenvalue weighted by Crippen LogP contribution is 2.47. The van der Waals surface area contributed by atoms with Gasteiger partial charge >= 0.3 is 0 Å². The Kier molecular flexibility index (Phi) is 12.6. The van der Waals surface area contributed by atoms with Gasteiger partial charge in [0, 0.05) is 96.4 Å². The van der Waals surface area contributed by atoms with Gasteiger partial charge in [0.05, 0.1) is 0 Å². The van der Waals surface area contributed by atoms with Crippen LogP contribution in [-0.2, 0) is 0 Å². The Morgan fingerprint density at radius 1 is 0.447 bits per heavy atom. The second-order valence-corrected chi connectivity index (χ2v) is 25.2.